The maximum absolute atomic E-state index is 12.2. The predicted octanol–water partition coefficient (Wildman–Crippen LogP) is 2.59. The predicted molar refractivity (Wildman–Crippen MR) is 85.8 cm³/mol. The fraction of sp³-hybridized carbons (Fsp3) is 0.471. The molecule has 6 nitrogen and oxygen atoms in total. The Balaban J connectivity index is 1.45. The largest absolute Gasteiger partial charge is 0.380 e. The quantitative estimate of drug-likeness (QED) is 0.809. The van der Waals surface area contributed by atoms with Gasteiger partial charge in [-0.3, -0.25) is 9.89 Å². The van der Waals surface area contributed by atoms with Crippen molar-refractivity contribution in [2.45, 2.75) is 50.0 Å². The van der Waals surface area contributed by atoms with Crippen LogP contribution in [0.2, 0.25) is 0 Å². The minimum atomic E-state index is -1.21. The summed E-state index contributed by atoms with van der Waals surface area (Å²) in [4.78, 5) is 16.7. The van der Waals surface area contributed by atoms with Crippen LogP contribution in [0, 0.1) is 0 Å². The van der Waals surface area contributed by atoms with Crippen molar-refractivity contribution in [3.05, 3.63) is 30.1 Å². The number of hydrogen-bond donors (Lipinski definition) is 3. The van der Waals surface area contributed by atoms with E-state index in [2.05, 4.69) is 20.5 Å². The minimum Gasteiger partial charge on any atom is -0.380 e. The van der Waals surface area contributed by atoms with Crippen molar-refractivity contribution in [3.8, 4) is 11.4 Å². The molecule has 1 aromatic carbocycles. The van der Waals surface area contributed by atoms with E-state index in [-0.39, 0.29) is 5.91 Å². The van der Waals surface area contributed by atoms with E-state index in [0.717, 1.165) is 24.2 Å². The van der Waals surface area contributed by atoms with E-state index in [1.807, 2.05) is 24.3 Å². The van der Waals surface area contributed by atoms with Gasteiger partial charge < -0.3 is 10.4 Å². The number of nitrogens with zero attached hydrogens (tertiary/aromatic N) is 2. The van der Waals surface area contributed by atoms with Crippen molar-refractivity contribution < 1.29 is 9.90 Å². The summed E-state index contributed by atoms with van der Waals surface area (Å²) in [5.41, 5.74) is 0.379. The van der Waals surface area contributed by atoms with E-state index in [0.29, 0.717) is 30.3 Å². The minimum absolute atomic E-state index is 0.309. The van der Waals surface area contributed by atoms with E-state index < -0.39 is 5.60 Å². The van der Waals surface area contributed by atoms with Gasteiger partial charge in [0.25, 0.3) is 5.91 Å². The SMILES string of the molecule is O=C(Nc1ccc(-c2n[nH]c(C3CC3)n2)cc1)C1(O)CCCC1. The Morgan fingerprint density at radius 2 is 1.91 bits per heavy atom. The summed E-state index contributed by atoms with van der Waals surface area (Å²) in [6.07, 6.45) is 5.25. The first-order valence-electron chi connectivity index (χ1n) is 8.21. The van der Waals surface area contributed by atoms with E-state index in [1.54, 1.807) is 0 Å². The number of anilines is 1. The average molecular weight is 312 g/mol. The Kier molecular flexibility index (Phi) is 3.41. The number of carbonyl (C=O) groups excluding carboxylic acids is 1. The highest BCUT2D eigenvalue weighted by Gasteiger charge is 2.38. The van der Waals surface area contributed by atoms with Gasteiger partial charge in [-0.1, -0.05) is 0 Å². The summed E-state index contributed by atoms with van der Waals surface area (Å²) < 4.78 is 0. The van der Waals surface area contributed by atoms with Crippen LogP contribution in [0.5, 0.6) is 0 Å². The number of rotatable bonds is 4. The Morgan fingerprint density at radius 1 is 1.22 bits per heavy atom. The molecule has 0 bridgehead atoms. The first-order valence-corrected chi connectivity index (χ1v) is 8.21. The third kappa shape index (κ3) is 2.86. The first kappa shape index (κ1) is 14.4. The van der Waals surface area contributed by atoms with Crippen molar-refractivity contribution in [3.63, 3.8) is 0 Å². The first-order chi connectivity index (χ1) is 11.1. The van der Waals surface area contributed by atoms with E-state index in [1.165, 1.54) is 12.8 Å². The second-order valence-corrected chi connectivity index (χ2v) is 6.59. The molecule has 6 heteroatoms. The zero-order valence-corrected chi connectivity index (χ0v) is 12.9. The molecule has 0 atom stereocenters. The third-order valence-corrected chi connectivity index (χ3v) is 4.72. The lowest BCUT2D eigenvalue weighted by atomic mass is 10.0. The number of aliphatic hydroxyl groups is 1. The average Bonchev–Trinajstić information content (AvgIpc) is 3.11. The molecule has 23 heavy (non-hydrogen) atoms. The molecule has 2 aliphatic rings. The van der Waals surface area contributed by atoms with Gasteiger partial charge in [-0.2, -0.15) is 5.10 Å². The van der Waals surface area contributed by atoms with Crippen molar-refractivity contribution in [2.75, 3.05) is 5.32 Å². The van der Waals surface area contributed by atoms with E-state index in [9.17, 15) is 9.90 Å². The smallest absolute Gasteiger partial charge is 0.256 e. The van der Waals surface area contributed by atoms with Gasteiger partial charge in [-0.15, -0.1) is 0 Å². The number of benzene rings is 1. The van der Waals surface area contributed by atoms with Gasteiger partial charge in [-0.25, -0.2) is 4.98 Å². The highest BCUT2D eigenvalue weighted by molar-refractivity contribution is 5.97. The highest BCUT2D eigenvalue weighted by Crippen LogP contribution is 2.38. The van der Waals surface area contributed by atoms with Gasteiger partial charge in [0.2, 0.25) is 0 Å². The van der Waals surface area contributed by atoms with Crippen molar-refractivity contribution >= 4 is 11.6 Å². The molecule has 120 valence electrons. The monoisotopic (exact) mass is 312 g/mol. The molecule has 2 aliphatic carbocycles. The number of hydrogen-bond acceptors (Lipinski definition) is 4. The lowest BCUT2D eigenvalue weighted by Crippen LogP contribution is -2.40. The molecule has 0 radical (unpaired) electrons. The summed E-state index contributed by atoms with van der Waals surface area (Å²) >= 11 is 0. The molecule has 0 saturated heterocycles. The van der Waals surface area contributed by atoms with Crippen LogP contribution in [0.1, 0.15) is 50.3 Å². The Bertz CT molecular complexity index is 712. The number of carbonyl (C=O) groups is 1. The molecule has 2 saturated carbocycles. The zero-order valence-electron chi connectivity index (χ0n) is 12.9. The van der Waals surface area contributed by atoms with Crippen LogP contribution in [-0.4, -0.2) is 31.8 Å². The molecule has 1 heterocycles. The standard InChI is InChI=1S/C17H20N4O2/c22-16(17(23)9-1-2-10-17)18-13-7-5-12(6-8-13)15-19-14(20-21-15)11-3-4-11/h5-8,11,23H,1-4,9-10H2,(H,18,22)(H,19,20,21). The molecule has 1 aromatic heterocycles. The molecule has 0 spiro atoms. The summed E-state index contributed by atoms with van der Waals surface area (Å²) in [5.74, 6) is 1.87. The van der Waals surface area contributed by atoms with Crippen LogP contribution in [0.25, 0.3) is 11.4 Å². The summed E-state index contributed by atoms with van der Waals surface area (Å²) in [6, 6.07) is 7.40. The van der Waals surface area contributed by atoms with Gasteiger partial charge in [0.05, 0.1) is 0 Å². The maximum atomic E-state index is 12.2. The van der Waals surface area contributed by atoms with Gasteiger partial charge in [0.1, 0.15) is 11.4 Å². The number of nitrogens with one attached hydrogen (secondary N) is 2. The number of H-pyrrole nitrogens is 1. The lowest BCUT2D eigenvalue weighted by molar-refractivity contribution is -0.133. The topological polar surface area (TPSA) is 90.9 Å². The van der Waals surface area contributed by atoms with Crippen LogP contribution >= 0.6 is 0 Å². The Morgan fingerprint density at radius 3 is 2.57 bits per heavy atom. The summed E-state index contributed by atoms with van der Waals surface area (Å²) in [7, 11) is 0. The molecule has 2 fully saturated rings. The molecular weight excluding hydrogens is 292 g/mol. The molecule has 3 N–H and O–H groups in total. The van der Waals surface area contributed by atoms with E-state index >= 15 is 0 Å². The summed E-state index contributed by atoms with van der Waals surface area (Å²) in [6.45, 7) is 0. The fourth-order valence-electron chi connectivity index (χ4n) is 3.08. The Hall–Kier alpha value is -2.21. The third-order valence-electron chi connectivity index (χ3n) is 4.72. The maximum Gasteiger partial charge on any atom is 0.256 e. The number of aromatic amines is 1. The van der Waals surface area contributed by atoms with Gasteiger partial charge in [-0.05, 0) is 62.8 Å². The van der Waals surface area contributed by atoms with Crippen molar-refractivity contribution in [1.82, 2.24) is 15.2 Å². The van der Waals surface area contributed by atoms with Crippen LogP contribution in [0.3, 0.4) is 0 Å². The highest BCUT2D eigenvalue weighted by atomic mass is 16.3. The molecule has 2 aromatic rings. The second kappa shape index (κ2) is 5.45. The molecule has 0 unspecified atom stereocenters. The summed E-state index contributed by atoms with van der Waals surface area (Å²) in [5, 5.41) is 20.3. The van der Waals surface area contributed by atoms with E-state index in [4.69, 9.17) is 0 Å². The molecule has 0 aliphatic heterocycles. The van der Waals surface area contributed by atoms with Crippen LogP contribution in [0.15, 0.2) is 24.3 Å². The fourth-order valence-corrected chi connectivity index (χ4v) is 3.08. The van der Waals surface area contributed by atoms with Gasteiger partial charge in [0.15, 0.2) is 5.82 Å². The van der Waals surface area contributed by atoms with Crippen LogP contribution < -0.4 is 5.32 Å². The van der Waals surface area contributed by atoms with Crippen molar-refractivity contribution in [2.24, 2.45) is 0 Å². The van der Waals surface area contributed by atoms with Gasteiger partial charge >= 0.3 is 0 Å². The zero-order chi connectivity index (χ0) is 15.9. The second-order valence-electron chi connectivity index (χ2n) is 6.59. The molecule has 1 amide bonds. The molecular formula is C17H20N4O2. The number of amides is 1. The van der Waals surface area contributed by atoms with Gasteiger partial charge in [0, 0.05) is 17.2 Å². The van der Waals surface area contributed by atoms with Crippen LogP contribution in [-0.2, 0) is 4.79 Å². The normalized spacial score (nSPS) is 19.7. The lowest BCUT2D eigenvalue weighted by Gasteiger charge is -2.20. The number of aromatic nitrogens is 3. The Labute approximate surface area is 134 Å². The van der Waals surface area contributed by atoms with Crippen molar-refractivity contribution in [1.29, 1.82) is 0 Å². The molecule has 4 rings (SSSR count). The van der Waals surface area contributed by atoms with Crippen LogP contribution in [0.4, 0.5) is 5.69 Å².